The first kappa shape index (κ1) is 30.2. The number of alkyl halides is 3. The zero-order valence-electron chi connectivity index (χ0n) is 22.2. The number of nitrogens with zero attached hydrogens (tertiary/aromatic N) is 4. The summed E-state index contributed by atoms with van der Waals surface area (Å²) >= 11 is 6.00. The average Bonchev–Trinajstić information content (AvgIpc) is 3.23. The molecule has 0 bridgehead atoms. The predicted molar refractivity (Wildman–Crippen MR) is 147 cm³/mol. The Bertz CT molecular complexity index is 1800. The van der Waals surface area contributed by atoms with Gasteiger partial charge in [-0.3, -0.25) is 18.5 Å². The van der Waals surface area contributed by atoms with Crippen molar-refractivity contribution in [2.75, 3.05) is 5.75 Å². The third-order valence-corrected chi connectivity index (χ3v) is 8.77. The van der Waals surface area contributed by atoms with E-state index in [1.54, 1.807) is 38.1 Å². The van der Waals surface area contributed by atoms with Crippen LogP contribution in [0.15, 0.2) is 58.1 Å². The largest absolute Gasteiger partial charge is 0.573 e. The molecule has 0 fully saturated rings. The fourth-order valence-electron chi connectivity index (χ4n) is 4.05. The second-order valence-corrected chi connectivity index (χ2v) is 12.6. The third kappa shape index (κ3) is 6.93. The molecule has 0 aliphatic carbocycles. The van der Waals surface area contributed by atoms with Gasteiger partial charge in [0.2, 0.25) is 0 Å². The van der Waals surface area contributed by atoms with Gasteiger partial charge in [-0.05, 0) is 50.1 Å². The van der Waals surface area contributed by atoms with E-state index >= 15 is 0 Å². The Balaban J connectivity index is 1.82. The van der Waals surface area contributed by atoms with Gasteiger partial charge in [-0.1, -0.05) is 29.8 Å². The molecule has 0 aliphatic rings. The molecule has 0 spiro atoms. The highest BCUT2D eigenvalue weighted by molar-refractivity contribution is 7.91. The van der Waals surface area contributed by atoms with Crippen LogP contribution in [0.4, 0.5) is 13.2 Å². The molecule has 4 aromatic rings. The Morgan fingerprint density at radius 2 is 1.68 bits per heavy atom. The van der Waals surface area contributed by atoms with Crippen molar-refractivity contribution in [1.29, 1.82) is 0 Å². The molecule has 2 aromatic heterocycles. The second kappa shape index (κ2) is 11.6. The first-order chi connectivity index (χ1) is 19.2. The van der Waals surface area contributed by atoms with Crippen molar-refractivity contribution in [2.45, 2.75) is 45.0 Å². The van der Waals surface area contributed by atoms with Crippen molar-refractivity contribution >= 4 is 32.6 Å². The van der Waals surface area contributed by atoms with Crippen molar-refractivity contribution in [3.05, 3.63) is 80.0 Å². The Kier molecular flexibility index (Phi) is 8.54. The molecular formula is C26H26ClF3N4O6S. The molecule has 0 amide bonds. The number of sulfone groups is 1. The van der Waals surface area contributed by atoms with E-state index in [9.17, 15) is 31.2 Å². The minimum absolute atomic E-state index is 0.0218. The van der Waals surface area contributed by atoms with E-state index in [2.05, 4.69) is 9.72 Å². The summed E-state index contributed by atoms with van der Waals surface area (Å²) in [4.78, 5) is 31.1. The van der Waals surface area contributed by atoms with Crippen LogP contribution in [0.2, 0.25) is 5.02 Å². The molecule has 2 heterocycles. The molecule has 41 heavy (non-hydrogen) atoms. The highest BCUT2D eigenvalue weighted by Gasteiger charge is 2.31. The number of fused-ring (bicyclic) bond motifs is 1. The lowest BCUT2D eigenvalue weighted by atomic mass is 10.2. The van der Waals surface area contributed by atoms with Crippen LogP contribution >= 0.6 is 11.6 Å². The lowest BCUT2D eigenvalue weighted by molar-refractivity contribution is -0.274. The van der Waals surface area contributed by atoms with Gasteiger partial charge < -0.3 is 9.47 Å². The standard InChI is InChI=1S/C26H26ClF3N4O6S/c1-16(2)41(37,38)13-5-12-33-23(35)21-22(32(3)25(33)36)31-24(34(21)15-17-8-10-18(27)11-9-17)39-19-6-4-7-20(14-19)40-26(28,29)30/h4,6-11,14,16H,5,12-13,15H2,1-3H3. The SMILES string of the molecule is CC(C)S(=O)(=O)CCCn1c(=O)c2c(nc(Oc3cccc(OC(F)(F)F)c3)n2Cc2ccc(Cl)cc2)n(C)c1=O. The second-order valence-electron chi connectivity index (χ2n) is 9.47. The van der Waals surface area contributed by atoms with Crippen molar-refractivity contribution in [3.63, 3.8) is 0 Å². The summed E-state index contributed by atoms with van der Waals surface area (Å²) in [6.07, 6.45) is -4.89. The van der Waals surface area contributed by atoms with Crippen molar-refractivity contribution in [2.24, 2.45) is 7.05 Å². The smallest absolute Gasteiger partial charge is 0.425 e. The highest BCUT2D eigenvalue weighted by atomic mass is 35.5. The number of halogens is 4. The number of imidazole rings is 1. The number of ether oxygens (including phenoxy) is 2. The molecule has 0 saturated heterocycles. The molecule has 0 atom stereocenters. The van der Waals surface area contributed by atoms with Crippen LogP contribution in [0.1, 0.15) is 25.8 Å². The van der Waals surface area contributed by atoms with Crippen LogP contribution in [-0.2, 0) is 30.0 Å². The third-order valence-electron chi connectivity index (χ3n) is 6.23. The molecule has 220 valence electrons. The maximum Gasteiger partial charge on any atom is 0.573 e. The van der Waals surface area contributed by atoms with Gasteiger partial charge in [-0.15, -0.1) is 13.2 Å². The molecule has 0 unspecified atom stereocenters. The Morgan fingerprint density at radius 3 is 2.32 bits per heavy atom. The fourth-order valence-corrected chi connectivity index (χ4v) is 5.17. The van der Waals surface area contributed by atoms with Gasteiger partial charge in [0.1, 0.15) is 11.5 Å². The normalized spacial score (nSPS) is 12.3. The van der Waals surface area contributed by atoms with Crippen LogP contribution < -0.4 is 20.7 Å². The summed E-state index contributed by atoms with van der Waals surface area (Å²) in [6, 6.07) is 11.3. The number of hydrogen-bond donors (Lipinski definition) is 0. The monoisotopic (exact) mass is 614 g/mol. The first-order valence-electron chi connectivity index (χ1n) is 12.4. The summed E-state index contributed by atoms with van der Waals surface area (Å²) in [7, 11) is -2.00. The molecular weight excluding hydrogens is 589 g/mol. The Labute approximate surface area is 237 Å². The molecule has 0 aliphatic heterocycles. The van der Waals surface area contributed by atoms with Crippen molar-refractivity contribution < 1.29 is 31.1 Å². The minimum Gasteiger partial charge on any atom is -0.425 e. The van der Waals surface area contributed by atoms with Gasteiger partial charge in [0, 0.05) is 24.7 Å². The molecule has 15 heteroatoms. The molecule has 0 radical (unpaired) electrons. The Morgan fingerprint density at radius 1 is 1.02 bits per heavy atom. The summed E-state index contributed by atoms with van der Waals surface area (Å²) in [5, 5.41) is -0.131. The predicted octanol–water partition coefficient (Wildman–Crippen LogP) is 4.50. The van der Waals surface area contributed by atoms with Gasteiger partial charge >= 0.3 is 18.1 Å². The number of benzene rings is 2. The molecule has 0 saturated carbocycles. The van der Waals surface area contributed by atoms with E-state index in [0.29, 0.717) is 10.6 Å². The van der Waals surface area contributed by atoms with Gasteiger partial charge in [-0.2, -0.15) is 4.98 Å². The van der Waals surface area contributed by atoms with E-state index in [1.807, 2.05) is 0 Å². The molecule has 10 nitrogen and oxygen atoms in total. The van der Waals surface area contributed by atoms with E-state index in [1.165, 1.54) is 23.7 Å². The van der Waals surface area contributed by atoms with E-state index < -0.39 is 38.4 Å². The molecule has 0 N–H and O–H groups in total. The van der Waals surface area contributed by atoms with E-state index in [0.717, 1.165) is 21.3 Å². The fraction of sp³-hybridized carbons (Fsp3) is 0.346. The van der Waals surface area contributed by atoms with Crippen LogP contribution in [0, 0.1) is 0 Å². The van der Waals surface area contributed by atoms with Gasteiger partial charge in [0.25, 0.3) is 5.56 Å². The summed E-state index contributed by atoms with van der Waals surface area (Å²) in [6.45, 7) is 2.96. The zero-order chi connectivity index (χ0) is 30.1. The van der Waals surface area contributed by atoms with Crippen LogP contribution in [0.5, 0.6) is 17.5 Å². The number of hydrogen-bond acceptors (Lipinski definition) is 7. The lowest BCUT2D eigenvalue weighted by Gasteiger charge is -2.13. The van der Waals surface area contributed by atoms with Crippen molar-refractivity contribution in [3.8, 4) is 17.5 Å². The Hall–Kier alpha value is -3.78. The molecule has 2 aromatic carbocycles. The topological polar surface area (TPSA) is 114 Å². The summed E-state index contributed by atoms with van der Waals surface area (Å²) in [5.74, 6) is -0.808. The van der Waals surface area contributed by atoms with E-state index in [4.69, 9.17) is 16.3 Å². The maximum absolute atomic E-state index is 13.7. The van der Waals surface area contributed by atoms with Crippen LogP contribution in [-0.4, -0.2) is 44.5 Å². The first-order valence-corrected chi connectivity index (χ1v) is 14.5. The number of rotatable bonds is 10. The summed E-state index contributed by atoms with van der Waals surface area (Å²) in [5.41, 5.74) is -0.817. The quantitative estimate of drug-likeness (QED) is 0.258. The average molecular weight is 615 g/mol. The van der Waals surface area contributed by atoms with Gasteiger partial charge in [-0.25, -0.2) is 13.2 Å². The van der Waals surface area contributed by atoms with Crippen LogP contribution in [0.3, 0.4) is 0 Å². The number of aromatic nitrogens is 4. The maximum atomic E-state index is 13.7. The van der Waals surface area contributed by atoms with Gasteiger partial charge in [0.05, 0.1) is 17.5 Å². The van der Waals surface area contributed by atoms with E-state index in [-0.39, 0.29) is 48.2 Å². The van der Waals surface area contributed by atoms with Gasteiger partial charge in [0.15, 0.2) is 21.0 Å². The zero-order valence-corrected chi connectivity index (χ0v) is 23.8. The lowest BCUT2D eigenvalue weighted by Crippen LogP contribution is -2.40. The highest BCUT2D eigenvalue weighted by Crippen LogP contribution is 2.30. The molecule has 4 rings (SSSR count). The minimum atomic E-state index is -4.92. The van der Waals surface area contributed by atoms with Crippen LogP contribution in [0.25, 0.3) is 11.2 Å². The number of aryl methyl sites for hydroxylation is 1. The van der Waals surface area contributed by atoms with Crippen molar-refractivity contribution in [1.82, 2.24) is 18.7 Å². The summed E-state index contributed by atoms with van der Waals surface area (Å²) < 4.78 is 75.9.